The number of nitro groups is 1. The lowest BCUT2D eigenvalue weighted by molar-refractivity contribution is -0.443. The Labute approximate surface area is 150 Å². The molecule has 0 radical (unpaired) electrons. The smallest absolute Gasteiger partial charge is 0.406 e. The van der Waals surface area contributed by atoms with Crippen molar-refractivity contribution in [3.8, 4) is 0 Å². The van der Waals surface area contributed by atoms with Gasteiger partial charge in [0, 0.05) is 11.6 Å². The number of halogens is 3. The number of anilines is 1. The molecule has 1 aliphatic heterocycles. The molecular weight excluding hydrogens is 367 g/mol. The van der Waals surface area contributed by atoms with Crippen LogP contribution < -0.4 is 4.90 Å². The summed E-state index contributed by atoms with van der Waals surface area (Å²) in [5.41, 5.74) is -1.11. The average molecular weight is 379 g/mol. The van der Waals surface area contributed by atoms with Gasteiger partial charge >= 0.3 is 6.18 Å². The van der Waals surface area contributed by atoms with Crippen LogP contribution in [0.4, 0.5) is 24.5 Å². The summed E-state index contributed by atoms with van der Waals surface area (Å²) in [6, 6.07) is 11.5. The molecule has 140 valence electrons. The summed E-state index contributed by atoms with van der Waals surface area (Å²) in [7, 11) is 0. The van der Waals surface area contributed by atoms with Crippen molar-refractivity contribution in [3.63, 3.8) is 0 Å². The van der Waals surface area contributed by atoms with E-state index in [1.807, 2.05) is 0 Å². The number of para-hydroxylation sites is 1. The van der Waals surface area contributed by atoms with Gasteiger partial charge in [-0.15, -0.1) is 0 Å². The van der Waals surface area contributed by atoms with Crippen LogP contribution in [0.5, 0.6) is 0 Å². The minimum Gasteiger partial charge on any atom is -0.623 e. The molecule has 10 heteroatoms. The summed E-state index contributed by atoms with van der Waals surface area (Å²) in [5.74, 6) is -1.18. The minimum absolute atomic E-state index is 0.104. The number of nitrogens with zero attached hydrogens (tertiary/aromatic N) is 3. The number of carbonyl (C=O) groups is 1. The van der Waals surface area contributed by atoms with Gasteiger partial charge in [-0.1, -0.05) is 24.3 Å². The Morgan fingerprint density at radius 1 is 1.11 bits per heavy atom. The number of benzene rings is 2. The maximum Gasteiger partial charge on any atom is 0.406 e. The molecule has 0 saturated carbocycles. The van der Waals surface area contributed by atoms with Gasteiger partial charge in [0.1, 0.15) is 12.2 Å². The first-order valence-corrected chi connectivity index (χ1v) is 7.71. The largest absolute Gasteiger partial charge is 0.623 e. The zero-order chi connectivity index (χ0) is 19.8. The molecule has 0 spiro atoms. The third-order valence-corrected chi connectivity index (χ3v) is 3.95. The first-order valence-electron chi connectivity index (χ1n) is 7.71. The number of fused-ring (bicyclic) bond motifs is 1. The van der Waals surface area contributed by atoms with Gasteiger partial charge in [-0.05, 0) is 18.2 Å². The van der Waals surface area contributed by atoms with Gasteiger partial charge in [-0.25, -0.2) is 0 Å². The van der Waals surface area contributed by atoms with Crippen molar-refractivity contribution < 1.29 is 27.6 Å². The number of alkyl halides is 3. The highest BCUT2D eigenvalue weighted by Gasteiger charge is 2.42. The first-order chi connectivity index (χ1) is 12.7. The Hall–Kier alpha value is -3.43. The predicted molar refractivity (Wildman–Crippen MR) is 89.7 cm³/mol. The van der Waals surface area contributed by atoms with E-state index in [2.05, 4.69) is 0 Å². The lowest BCUT2D eigenvalue weighted by Crippen LogP contribution is -2.41. The zero-order valence-corrected chi connectivity index (χ0v) is 13.6. The van der Waals surface area contributed by atoms with E-state index in [1.165, 1.54) is 24.3 Å². The van der Waals surface area contributed by atoms with Crippen molar-refractivity contribution in [2.45, 2.75) is 6.18 Å². The Balaban J connectivity index is 2.33. The second-order valence-electron chi connectivity index (χ2n) is 5.78. The molecule has 0 saturated heterocycles. The number of carbonyl (C=O) groups excluding carboxylic acids is 1. The topological polar surface area (TPSA) is 89.5 Å². The van der Waals surface area contributed by atoms with Crippen molar-refractivity contribution in [2.24, 2.45) is 0 Å². The van der Waals surface area contributed by atoms with Crippen molar-refractivity contribution in [1.29, 1.82) is 0 Å². The van der Waals surface area contributed by atoms with Gasteiger partial charge in [0.15, 0.2) is 0 Å². The fourth-order valence-electron chi connectivity index (χ4n) is 2.94. The highest BCUT2D eigenvalue weighted by Crippen LogP contribution is 2.37. The number of hydrogen-bond acceptors (Lipinski definition) is 4. The summed E-state index contributed by atoms with van der Waals surface area (Å²) in [6.07, 6.45) is -4.80. The molecule has 0 bridgehead atoms. The van der Waals surface area contributed by atoms with Gasteiger partial charge in [-0.3, -0.25) is 19.8 Å². The van der Waals surface area contributed by atoms with Crippen LogP contribution in [0.15, 0.2) is 48.5 Å². The van der Waals surface area contributed by atoms with Crippen molar-refractivity contribution in [2.75, 3.05) is 18.0 Å². The molecule has 0 aromatic heterocycles. The molecule has 1 amide bonds. The highest BCUT2D eigenvalue weighted by molar-refractivity contribution is 6.17. The van der Waals surface area contributed by atoms with Crippen LogP contribution in [-0.2, 0) is 4.79 Å². The van der Waals surface area contributed by atoms with E-state index >= 15 is 0 Å². The van der Waals surface area contributed by atoms with Crippen molar-refractivity contribution in [1.82, 2.24) is 0 Å². The maximum atomic E-state index is 13.0. The van der Waals surface area contributed by atoms with E-state index in [-0.39, 0.29) is 20.9 Å². The number of rotatable bonds is 3. The van der Waals surface area contributed by atoms with Crippen LogP contribution in [0.1, 0.15) is 11.1 Å². The van der Waals surface area contributed by atoms with Crippen LogP contribution in [0, 0.1) is 15.3 Å². The van der Waals surface area contributed by atoms with Gasteiger partial charge in [0.05, 0.1) is 10.5 Å². The molecule has 0 fully saturated rings. The molecule has 0 unspecified atom stereocenters. The van der Waals surface area contributed by atoms with Crippen LogP contribution >= 0.6 is 0 Å². The van der Waals surface area contributed by atoms with E-state index in [9.17, 15) is 33.3 Å². The molecular formula is C17H12F3N3O4. The van der Waals surface area contributed by atoms with Crippen molar-refractivity contribution in [3.05, 3.63) is 75.0 Å². The molecule has 3 rings (SSSR count). The predicted octanol–water partition coefficient (Wildman–Crippen LogP) is 2.85. The van der Waals surface area contributed by atoms with E-state index < -0.39 is 41.5 Å². The van der Waals surface area contributed by atoms with Gasteiger partial charge < -0.3 is 5.21 Å². The average Bonchev–Trinajstić information content (AvgIpc) is 2.69. The zero-order valence-electron chi connectivity index (χ0n) is 13.6. The third-order valence-electron chi connectivity index (χ3n) is 3.95. The summed E-state index contributed by atoms with van der Waals surface area (Å²) in [5, 5.41) is 24.0. The Bertz CT molecular complexity index is 942. The van der Waals surface area contributed by atoms with E-state index in [4.69, 9.17) is 0 Å². The lowest BCUT2D eigenvalue weighted by atomic mass is 9.99. The van der Waals surface area contributed by atoms with Crippen molar-refractivity contribution >= 4 is 23.0 Å². The van der Waals surface area contributed by atoms with Crippen LogP contribution in [0.3, 0.4) is 0 Å². The van der Waals surface area contributed by atoms with E-state index in [0.29, 0.717) is 5.56 Å². The Morgan fingerprint density at radius 3 is 2.37 bits per heavy atom. The second-order valence-corrected chi connectivity index (χ2v) is 5.78. The number of hydrogen-bond donors (Lipinski definition) is 0. The molecule has 27 heavy (non-hydrogen) atoms. The summed E-state index contributed by atoms with van der Waals surface area (Å²) in [4.78, 5) is 23.2. The molecule has 0 atom stereocenters. The summed E-state index contributed by atoms with van der Waals surface area (Å²) < 4.78 is 39.3. The molecule has 1 heterocycles. The fraction of sp³-hybridized carbons (Fsp3) is 0.176. The minimum atomic E-state index is -4.80. The summed E-state index contributed by atoms with van der Waals surface area (Å²) in [6.45, 7) is -2.63. The number of hydroxylamine groups is 1. The number of amides is 1. The monoisotopic (exact) mass is 379 g/mol. The van der Waals surface area contributed by atoms with E-state index in [1.54, 1.807) is 18.2 Å². The third kappa shape index (κ3) is 3.59. The highest BCUT2D eigenvalue weighted by atomic mass is 19.4. The SMILES string of the molecule is O=C1C[N+]([O-])=C(c2ccccc2)c2cccc([N+](=O)[O-])c2N1CC(F)(F)F. The maximum absolute atomic E-state index is 13.0. The second kappa shape index (κ2) is 6.71. The molecule has 7 nitrogen and oxygen atoms in total. The number of nitro benzene ring substituents is 1. The molecule has 2 aromatic rings. The van der Waals surface area contributed by atoms with Crippen LogP contribution in [0.2, 0.25) is 0 Å². The van der Waals surface area contributed by atoms with Crippen LogP contribution in [-0.4, -0.2) is 40.5 Å². The van der Waals surface area contributed by atoms with Gasteiger partial charge in [0.25, 0.3) is 11.6 Å². The summed E-state index contributed by atoms with van der Waals surface area (Å²) >= 11 is 0. The van der Waals surface area contributed by atoms with E-state index in [0.717, 1.165) is 6.07 Å². The number of benzodiazepines with no additional fused rings is 1. The molecule has 0 N–H and O–H groups in total. The Kier molecular flexibility index (Phi) is 4.56. The first kappa shape index (κ1) is 18.4. The molecule has 0 aliphatic carbocycles. The fourth-order valence-corrected chi connectivity index (χ4v) is 2.94. The Morgan fingerprint density at radius 2 is 1.78 bits per heavy atom. The molecule has 2 aromatic carbocycles. The standard InChI is InChI=1S/C17H12F3N3O4/c18-17(19,20)10-21-14(24)9-22(25)15(11-5-2-1-3-6-11)12-7-4-8-13(16(12)21)23(26)27/h1-8H,9-10H2. The van der Waals surface area contributed by atoms with Crippen LogP contribution in [0.25, 0.3) is 0 Å². The normalized spacial score (nSPS) is 14.8. The van der Waals surface area contributed by atoms with Gasteiger partial charge in [0.2, 0.25) is 12.3 Å². The molecule has 1 aliphatic rings. The quantitative estimate of drug-likeness (QED) is 0.355. The van der Waals surface area contributed by atoms with Gasteiger partial charge in [-0.2, -0.15) is 17.9 Å². The lowest BCUT2D eigenvalue weighted by Gasteiger charge is -2.22.